The molecule has 0 aliphatic carbocycles. The summed E-state index contributed by atoms with van der Waals surface area (Å²) < 4.78 is 6.48. The second-order valence-electron chi connectivity index (χ2n) is 6.07. The van der Waals surface area contributed by atoms with Crippen LogP contribution in [-0.2, 0) is 9.53 Å². The fourth-order valence-corrected chi connectivity index (χ4v) is 3.02. The monoisotopic (exact) mass is 391 g/mol. The molecule has 28 heavy (non-hydrogen) atoms. The van der Waals surface area contributed by atoms with Crippen LogP contribution in [0.1, 0.15) is 23.0 Å². The Hall–Kier alpha value is -3.51. The first-order valence-electron chi connectivity index (χ1n) is 8.47. The standard InChI is InChI=1S/C21H14ClN3O3/c1-13(26)25-15(11-18(24-25)14-7-3-2-4-8-14)12-19-21(27)28-20(23-19)16-9-5-6-10-17(16)22/h2-12H,1H3/b19-12-. The lowest BCUT2D eigenvalue weighted by molar-refractivity contribution is -0.129. The molecule has 0 fully saturated rings. The van der Waals surface area contributed by atoms with Gasteiger partial charge < -0.3 is 4.74 Å². The minimum atomic E-state index is -0.618. The van der Waals surface area contributed by atoms with Gasteiger partial charge in [0.2, 0.25) is 11.8 Å². The van der Waals surface area contributed by atoms with Crippen molar-refractivity contribution in [1.82, 2.24) is 9.78 Å². The maximum absolute atomic E-state index is 12.3. The molecule has 0 spiro atoms. The number of benzene rings is 2. The lowest BCUT2D eigenvalue weighted by Gasteiger charge is -2.00. The van der Waals surface area contributed by atoms with Gasteiger partial charge in [-0.3, -0.25) is 4.79 Å². The molecule has 3 aromatic rings. The largest absolute Gasteiger partial charge is 0.402 e. The molecule has 2 aromatic carbocycles. The second kappa shape index (κ2) is 7.25. The second-order valence-corrected chi connectivity index (χ2v) is 6.47. The van der Waals surface area contributed by atoms with Crippen molar-refractivity contribution in [3.8, 4) is 11.3 Å². The molecule has 0 saturated heterocycles. The third kappa shape index (κ3) is 3.37. The van der Waals surface area contributed by atoms with Gasteiger partial charge in [-0.05, 0) is 24.3 Å². The summed E-state index contributed by atoms with van der Waals surface area (Å²) in [6.07, 6.45) is 1.48. The zero-order valence-electron chi connectivity index (χ0n) is 14.8. The van der Waals surface area contributed by atoms with E-state index in [9.17, 15) is 9.59 Å². The third-order valence-electron chi connectivity index (χ3n) is 4.11. The Balaban J connectivity index is 1.76. The van der Waals surface area contributed by atoms with Crippen molar-refractivity contribution < 1.29 is 14.3 Å². The molecule has 0 radical (unpaired) electrons. The number of rotatable bonds is 3. The minimum Gasteiger partial charge on any atom is -0.402 e. The average molecular weight is 392 g/mol. The molecule has 0 amide bonds. The lowest BCUT2D eigenvalue weighted by atomic mass is 10.1. The van der Waals surface area contributed by atoms with E-state index in [-0.39, 0.29) is 17.5 Å². The predicted molar refractivity (Wildman–Crippen MR) is 106 cm³/mol. The number of esters is 1. The Morgan fingerprint density at radius 3 is 2.54 bits per heavy atom. The smallest absolute Gasteiger partial charge is 0.363 e. The molecule has 4 rings (SSSR count). The number of cyclic esters (lactones) is 1. The minimum absolute atomic E-state index is 0.0666. The van der Waals surface area contributed by atoms with Crippen LogP contribution in [0.5, 0.6) is 0 Å². The van der Waals surface area contributed by atoms with Gasteiger partial charge in [0.25, 0.3) is 0 Å². The molecule has 6 nitrogen and oxygen atoms in total. The van der Waals surface area contributed by atoms with Gasteiger partial charge >= 0.3 is 5.97 Å². The van der Waals surface area contributed by atoms with Gasteiger partial charge in [0.1, 0.15) is 0 Å². The molecule has 138 valence electrons. The normalized spacial score (nSPS) is 14.9. The molecule has 7 heteroatoms. The molecule has 1 aromatic heterocycles. The fourth-order valence-electron chi connectivity index (χ4n) is 2.80. The number of aromatic nitrogens is 2. The van der Waals surface area contributed by atoms with Gasteiger partial charge in [-0.15, -0.1) is 0 Å². The highest BCUT2D eigenvalue weighted by Gasteiger charge is 2.26. The Labute approximate surface area is 165 Å². The molecule has 0 unspecified atom stereocenters. The number of ether oxygens (including phenoxy) is 1. The van der Waals surface area contributed by atoms with Crippen molar-refractivity contribution in [3.05, 3.63) is 82.6 Å². The number of hydrogen-bond donors (Lipinski definition) is 0. The van der Waals surface area contributed by atoms with Gasteiger partial charge in [-0.1, -0.05) is 54.1 Å². The van der Waals surface area contributed by atoms with Gasteiger partial charge in [0, 0.05) is 12.5 Å². The van der Waals surface area contributed by atoms with E-state index in [1.54, 1.807) is 30.3 Å². The number of carbonyl (C=O) groups is 2. The van der Waals surface area contributed by atoms with Crippen molar-refractivity contribution in [2.24, 2.45) is 4.99 Å². The predicted octanol–water partition coefficient (Wildman–Crippen LogP) is 4.21. The number of halogens is 1. The van der Waals surface area contributed by atoms with Crippen LogP contribution in [0.3, 0.4) is 0 Å². The van der Waals surface area contributed by atoms with E-state index < -0.39 is 5.97 Å². The maximum Gasteiger partial charge on any atom is 0.363 e. The van der Waals surface area contributed by atoms with E-state index in [1.807, 2.05) is 30.3 Å². The zero-order valence-corrected chi connectivity index (χ0v) is 15.6. The van der Waals surface area contributed by atoms with E-state index in [4.69, 9.17) is 16.3 Å². The van der Waals surface area contributed by atoms with Gasteiger partial charge in [-0.2, -0.15) is 5.10 Å². The molecule has 1 aliphatic rings. The van der Waals surface area contributed by atoms with Crippen LogP contribution in [0.4, 0.5) is 0 Å². The summed E-state index contributed by atoms with van der Waals surface area (Å²) in [5.41, 5.74) is 2.49. The summed E-state index contributed by atoms with van der Waals surface area (Å²) in [7, 11) is 0. The number of hydrogen-bond acceptors (Lipinski definition) is 5. The summed E-state index contributed by atoms with van der Waals surface area (Å²) in [5.74, 6) is -0.776. The van der Waals surface area contributed by atoms with Crippen molar-refractivity contribution >= 4 is 35.5 Å². The van der Waals surface area contributed by atoms with Crippen molar-refractivity contribution in [1.29, 1.82) is 0 Å². The highest BCUT2D eigenvalue weighted by Crippen LogP contribution is 2.25. The molecule has 0 saturated carbocycles. The Kier molecular flexibility index (Phi) is 4.63. The Morgan fingerprint density at radius 1 is 1.11 bits per heavy atom. The molecule has 0 atom stereocenters. The molecule has 2 heterocycles. The van der Waals surface area contributed by atoms with Crippen molar-refractivity contribution in [2.75, 3.05) is 0 Å². The van der Waals surface area contributed by atoms with Crippen molar-refractivity contribution in [3.63, 3.8) is 0 Å². The first kappa shape index (κ1) is 17.9. The van der Waals surface area contributed by atoms with Crippen LogP contribution in [0, 0.1) is 0 Å². The van der Waals surface area contributed by atoms with Crippen LogP contribution in [0.2, 0.25) is 5.02 Å². The number of carbonyl (C=O) groups excluding carboxylic acids is 2. The Morgan fingerprint density at radius 2 is 1.82 bits per heavy atom. The van der Waals surface area contributed by atoms with Crippen LogP contribution < -0.4 is 0 Å². The summed E-state index contributed by atoms with van der Waals surface area (Å²) in [6.45, 7) is 1.40. The summed E-state index contributed by atoms with van der Waals surface area (Å²) in [4.78, 5) is 28.5. The summed E-state index contributed by atoms with van der Waals surface area (Å²) in [6, 6.07) is 18.1. The van der Waals surface area contributed by atoms with E-state index in [0.29, 0.717) is 22.0 Å². The Bertz CT molecular complexity index is 1150. The van der Waals surface area contributed by atoms with Crippen molar-refractivity contribution in [2.45, 2.75) is 6.92 Å². The van der Waals surface area contributed by atoms with Gasteiger partial charge in [0.05, 0.1) is 22.0 Å². The molecular formula is C21H14ClN3O3. The van der Waals surface area contributed by atoms with Gasteiger partial charge in [-0.25, -0.2) is 14.5 Å². The number of aliphatic imine (C=N–C) groups is 1. The lowest BCUT2D eigenvalue weighted by Crippen LogP contribution is -2.10. The molecule has 0 N–H and O–H groups in total. The van der Waals surface area contributed by atoms with Crippen LogP contribution in [-0.4, -0.2) is 27.6 Å². The van der Waals surface area contributed by atoms with Crippen LogP contribution >= 0.6 is 11.6 Å². The van der Waals surface area contributed by atoms with Crippen LogP contribution in [0.25, 0.3) is 17.3 Å². The third-order valence-corrected chi connectivity index (χ3v) is 4.44. The highest BCUT2D eigenvalue weighted by atomic mass is 35.5. The highest BCUT2D eigenvalue weighted by molar-refractivity contribution is 6.34. The quantitative estimate of drug-likeness (QED) is 0.495. The zero-order chi connectivity index (χ0) is 19.7. The van der Waals surface area contributed by atoms with Crippen LogP contribution in [0.15, 0.2) is 71.4 Å². The van der Waals surface area contributed by atoms with Gasteiger partial charge in [0.15, 0.2) is 5.70 Å². The maximum atomic E-state index is 12.3. The molecule has 0 bridgehead atoms. The fraction of sp³-hybridized carbons (Fsp3) is 0.0476. The molecular weight excluding hydrogens is 378 g/mol. The topological polar surface area (TPSA) is 73.6 Å². The summed E-state index contributed by atoms with van der Waals surface area (Å²) in [5, 5.41) is 4.77. The van der Waals surface area contributed by atoms with E-state index in [2.05, 4.69) is 10.1 Å². The summed E-state index contributed by atoms with van der Waals surface area (Å²) >= 11 is 6.15. The van der Waals surface area contributed by atoms with E-state index in [1.165, 1.54) is 17.7 Å². The SMILES string of the molecule is CC(=O)n1nc(-c2ccccc2)cc1/C=C1\N=C(c2ccccc2Cl)OC1=O. The average Bonchev–Trinajstić information content (AvgIpc) is 3.27. The van der Waals surface area contributed by atoms with E-state index in [0.717, 1.165) is 5.56 Å². The molecule has 1 aliphatic heterocycles. The first-order valence-corrected chi connectivity index (χ1v) is 8.84. The number of nitrogens with zero attached hydrogens (tertiary/aromatic N) is 3. The first-order chi connectivity index (χ1) is 13.5. The van der Waals surface area contributed by atoms with E-state index >= 15 is 0 Å².